The lowest BCUT2D eigenvalue weighted by molar-refractivity contribution is 0.368. The first-order chi connectivity index (χ1) is 12.3. The molecule has 122 valence electrons. The van der Waals surface area contributed by atoms with Crippen LogP contribution in [-0.4, -0.2) is 31.2 Å². The molecule has 4 heterocycles. The van der Waals surface area contributed by atoms with Crippen LogP contribution in [0.5, 0.6) is 5.75 Å². The monoisotopic (exact) mass is 332 g/mol. The highest BCUT2D eigenvalue weighted by atomic mass is 16.5. The van der Waals surface area contributed by atoms with Crippen molar-refractivity contribution in [1.29, 1.82) is 0 Å². The van der Waals surface area contributed by atoms with Gasteiger partial charge in [0.2, 0.25) is 5.82 Å². The molecule has 25 heavy (non-hydrogen) atoms. The second kappa shape index (κ2) is 6.33. The van der Waals surface area contributed by atoms with Crippen LogP contribution in [0.1, 0.15) is 5.69 Å². The third-order valence-electron chi connectivity index (χ3n) is 3.25. The third-order valence-corrected chi connectivity index (χ3v) is 3.25. The van der Waals surface area contributed by atoms with E-state index in [1.165, 1.54) is 4.52 Å². The minimum Gasteiger partial charge on any atom is -0.479 e. The first-order valence-corrected chi connectivity index (χ1v) is 7.38. The SMILES string of the molecule is Nc1nc(C#CCOc2cccnc2)cn2nc(-c3ccco3)nc12. The fourth-order valence-corrected chi connectivity index (χ4v) is 2.16. The van der Waals surface area contributed by atoms with Crippen molar-refractivity contribution in [2.24, 2.45) is 0 Å². The third kappa shape index (κ3) is 3.11. The van der Waals surface area contributed by atoms with E-state index < -0.39 is 0 Å². The average molecular weight is 332 g/mol. The molecule has 0 spiro atoms. The summed E-state index contributed by atoms with van der Waals surface area (Å²) in [6, 6.07) is 7.14. The summed E-state index contributed by atoms with van der Waals surface area (Å²) in [5.41, 5.74) is 6.86. The molecule has 0 aromatic carbocycles. The summed E-state index contributed by atoms with van der Waals surface area (Å²) >= 11 is 0. The van der Waals surface area contributed by atoms with Crippen molar-refractivity contribution >= 4 is 11.5 Å². The Morgan fingerprint density at radius 1 is 1.24 bits per heavy atom. The molecule has 0 fully saturated rings. The predicted molar refractivity (Wildman–Crippen MR) is 89.5 cm³/mol. The fraction of sp³-hybridized carbons (Fsp3) is 0.0588. The number of aromatic nitrogens is 5. The van der Waals surface area contributed by atoms with E-state index in [0.717, 1.165) is 0 Å². The van der Waals surface area contributed by atoms with E-state index in [4.69, 9.17) is 14.9 Å². The molecule has 8 nitrogen and oxygen atoms in total. The molecule has 4 aromatic rings. The maximum atomic E-state index is 5.95. The number of furan rings is 1. The second-order valence-electron chi connectivity index (χ2n) is 4.97. The van der Waals surface area contributed by atoms with Gasteiger partial charge in [0, 0.05) is 6.20 Å². The van der Waals surface area contributed by atoms with Crippen LogP contribution in [-0.2, 0) is 0 Å². The van der Waals surface area contributed by atoms with Crippen LogP contribution >= 0.6 is 0 Å². The molecule has 0 atom stereocenters. The van der Waals surface area contributed by atoms with E-state index in [-0.39, 0.29) is 12.4 Å². The molecule has 0 amide bonds. The van der Waals surface area contributed by atoms with Gasteiger partial charge < -0.3 is 14.9 Å². The number of hydrogen-bond acceptors (Lipinski definition) is 7. The second-order valence-corrected chi connectivity index (χ2v) is 4.97. The normalized spacial score (nSPS) is 10.4. The Hall–Kier alpha value is -3.86. The van der Waals surface area contributed by atoms with Crippen molar-refractivity contribution in [2.45, 2.75) is 0 Å². The van der Waals surface area contributed by atoms with Gasteiger partial charge in [-0.2, -0.15) is 0 Å². The molecule has 0 unspecified atom stereocenters. The number of ether oxygens (including phenoxy) is 1. The van der Waals surface area contributed by atoms with Crippen LogP contribution in [0.3, 0.4) is 0 Å². The maximum absolute atomic E-state index is 5.95. The molecule has 0 radical (unpaired) electrons. The summed E-state index contributed by atoms with van der Waals surface area (Å²) in [4.78, 5) is 12.5. The van der Waals surface area contributed by atoms with E-state index in [2.05, 4.69) is 31.9 Å². The first-order valence-electron chi connectivity index (χ1n) is 7.38. The number of nitrogens with two attached hydrogens (primary N) is 1. The van der Waals surface area contributed by atoms with Crippen molar-refractivity contribution in [3.63, 3.8) is 0 Å². The Bertz CT molecular complexity index is 1060. The van der Waals surface area contributed by atoms with Crippen molar-refractivity contribution in [2.75, 3.05) is 12.3 Å². The summed E-state index contributed by atoms with van der Waals surface area (Å²) in [5.74, 6) is 7.65. The molecule has 8 heteroatoms. The van der Waals surface area contributed by atoms with Gasteiger partial charge in [-0.15, -0.1) is 5.10 Å². The minimum absolute atomic E-state index is 0.209. The summed E-state index contributed by atoms with van der Waals surface area (Å²) in [7, 11) is 0. The van der Waals surface area contributed by atoms with E-state index in [9.17, 15) is 0 Å². The van der Waals surface area contributed by atoms with Crippen molar-refractivity contribution < 1.29 is 9.15 Å². The van der Waals surface area contributed by atoms with Gasteiger partial charge >= 0.3 is 0 Å². The molecule has 4 rings (SSSR count). The molecule has 0 aliphatic rings. The van der Waals surface area contributed by atoms with Gasteiger partial charge in [0.1, 0.15) is 18.1 Å². The smallest absolute Gasteiger partial charge is 0.218 e. The average Bonchev–Trinajstić information content (AvgIpc) is 3.29. The summed E-state index contributed by atoms with van der Waals surface area (Å²) in [6.07, 6.45) is 6.51. The molecule has 0 bridgehead atoms. The highest BCUT2D eigenvalue weighted by Crippen LogP contribution is 2.18. The van der Waals surface area contributed by atoms with Gasteiger partial charge in [-0.3, -0.25) is 4.98 Å². The number of nitrogens with zero attached hydrogens (tertiary/aromatic N) is 5. The Labute approximate surface area is 142 Å². The zero-order valence-corrected chi connectivity index (χ0v) is 13.0. The largest absolute Gasteiger partial charge is 0.479 e. The number of rotatable bonds is 3. The maximum Gasteiger partial charge on any atom is 0.218 e. The van der Waals surface area contributed by atoms with Gasteiger partial charge in [-0.05, 0) is 30.2 Å². The van der Waals surface area contributed by atoms with Gasteiger partial charge in [-0.25, -0.2) is 14.5 Å². The van der Waals surface area contributed by atoms with Crippen molar-refractivity contribution in [3.05, 3.63) is 54.8 Å². The van der Waals surface area contributed by atoms with Crippen LogP contribution in [0, 0.1) is 11.8 Å². The lowest BCUT2D eigenvalue weighted by Crippen LogP contribution is -2.00. The minimum atomic E-state index is 0.209. The lowest BCUT2D eigenvalue weighted by Gasteiger charge is -1.99. The van der Waals surface area contributed by atoms with Crippen LogP contribution < -0.4 is 10.5 Å². The first kappa shape index (κ1) is 14.7. The van der Waals surface area contributed by atoms with Gasteiger partial charge in [-0.1, -0.05) is 5.92 Å². The van der Waals surface area contributed by atoms with Crippen LogP contribution in [0.2, 0.25) is 0 Å². The van der Waals surface area contributed by atoms with Crippen molar-refractivity contribution in [3.8, 4) is 29.2 Å². The molecule has 0 aliphatic carbocycles. The van der Waals surface area contributed by atoms with Crippen molar-refractivity contribution in [1.82, 2.24) is 24.6 Å². The van der Waals surface area contributed by atoms with E-state index in [1.54, 1.807) is 43.1 Å². The highest BCUT2D eigenvalue weighted by Gasteiger charge is 2.12. The summed E-state index contributed by atoms with van der Waals surface area (Å²) in [5, 5.41) is 4.34. The Morgan fingerprint density at radius 2 is 2.20 bits per heavy atom. The zero-order chi connectivity index (χ0) is 17.1. The molecule has 2 N–H and O–H groups in total. The van der Waals surface area contributed by atoms with E-state index in [1.807, 2.05) is 6.07 Å². The molecular formula is C17H12N6O2. The lowest BCUT2D eigenvalue weighted by atomic mass is 10.4. The molecule has 0 saturated heterocycles. The van der Waals surface area contributed by atoms with E-state index >= 15 is 0 Å². The fourth-order valence-electron chi connectivity index (χ4n) is 2.16. The topological polar surface area (TPSA) is 104 Å². The Balaban J connectivity index is 1.56. The zero-order valence-electron chi connectivity index (χ0n) is 13.0. The molecule has 0 aliphatic heterocycles. The summed E-state index contributed by atoms with van der Waals surface area (Å²) < 4.78 is 12.3. The van der Waals surface area contributed by atoms with Crippen LogP contribution in [0.25, 0.3) is 17.2 Å². The van der Waals surface area contributed by atoms with Crippen LogP contribution in [0.15, 0.2) is 53.5 Å². The number of hydrogen-bond donors (Lipinski definition) is 1. The Kier molecular flexibility index (Phi) is 3.73. The molecule has 0 saturated carbocycles. The molecule has 4 aromatic heterocycles. The van der Waals surface area contributed by atoms with Gasteiger partial charge in [0.25, 0.3) is 0 Å². The molecular weight excluding hydrogens is 320 g/mol. The van der Waals surface area contributed by atoms with Gasteiger partial charge in [0.15, 0.2) is 17.2 Å². The summed E-state index contributed by atoms with van der Waals surface area (Å²) in [6.45, 7) is 0.209. The van der Waals surface area contributed by atoms with E-state index in [0.29, 0.717) is 28.7 Å². The Morgan fingerprint density at radius 3 is 3.00 bits per heavy atom. The van der Waals surface area contributed by atoms with Gasteiger partial charge in [0.05, 0.1) is 18.7 Å². The number of nitrogen functional groups attached to an aromatic ring is 1. The number of pyridine rings is 1. The van der Waals surface area contributed by atoms with Crippen LogP contribution in [0.4, 0.5) is 5.82 Å². The predicted octanol–water partition coefficient (Wildman–Crippen LogP) is 1.79. The quantitative estimate of drug-likeness (QED) is 0.570. The standard InChI is InChI=1S/C17H12N6O2/c18-15-17-21-16(14-6-3-9-25-14)22-23(17)11-12(20-15)4-2-8-24-13-5-1-7-19-10-13/h1,3,5-7,9-11H,8H2,(H2,18,20). The number of anilines is 1. The highest BCUT2D eigenvalue weighted by molar-refractivity contribution is 5.63. The number of fused-ring (bicyclic) bond motifs is 1.